The third-order valence-corrected chi connectivity index (χ3v) is 6.46. The maximum atomic E-state index is 14.9. The van der Waals surface area contributed by atoms with Gasteiger partial charge in [-0.25, -0.2) is 4.39 Å². The van der Waals surface area contributed by atoms with Gasteiger partial charge in [0.1, 0.15) is 5.82 Å². The number of hydrogen-bond acceptors (Lipinski definition) is 2. The predicted octanol–water partition coefficient (Wildman–Crippen LogP) is 9.36. The third-order valence-electron chi connectivity index (χ3n) is 6.46. The molecule has 188 valence electrons. The average Bonchev–Trinajstić information content (AvgIpc) is 2.90. The van der Waals surface area contributed by atoms with E-state index in [4.69, 9.17) is 0 Å². The zero-order chi connectivity index (χ0) is 25.4. The Bertz CT molecular complexity index is 1130. The molecule has 0 amide bonds. The van der Waals surface area contributed by atoms with E-state index in [0.29, 0.717) is 11.1 Å². The molecular formula is C33H39FN2. The summed E-state index contributed by atoms with van der Waals surface area (Å²) in [5.41, 5.74) is 5.84. The second-order valence-electron chi connectivity index (χ2n) is 9.32. The molecule has 0 spiro atoms. The molecule has 0 saturated heterocycles. The van der Waals surface area contributed by atoms with E-state index in [-0.39, 0.29) is 5.82 Å². The van der Waals surface area contributed by atoms with Crippen molar-refractivity contribution in [3.63, 3.8) is 0 Å². The van der Waals surface area contributed by atoms with Crippen molar-refractivity contribution in [3.05, 3.63) is 107 Å². The number of unbranched alkanes of at least 4 members (excludes halogenated alkanes) is 6. The van der Waals surface area contributed by atoms with Crippen molar-refractivity contribution in [2.45, 2.75) is 71.1 Å². The summed E-state index contributed by atoms with van der Waals surface area (Å²) in [7, 11) is 0. The molecule has 0 radical (unpaired) electrons. The van der Waals surface area contributed by atoms with Crippen molar-refractivity contribution < 1.29 is 4.39 Å². The van der Waals surface area contributed by atoms with Gasteiger partial charge in [0.25, 0.3) is 0 Å². The van der Waals surface area contributed by atoms with Crippen LogP contribution in [-0.2, 0) is 12.8 Å². The number of benzene rings is 3. The van der Waals surface area contributed by atoms with Crippen molar-refractivity contribution in [2.75, 3.05) is 0 Å². The lowest BCUT2D eigenvalue weighted by Crippen LogP contribution is -1.93. The molecule has 0 aromatic heterocycles. The molecular weight excluding hydrogens is 443 g/mol. The van der Waals surface area contributed by atoms with Crippen LogP contribution in [0.25, 0.3) is 11.1 Å². The van der Waals surface area contributed by atoms with Crippen LogP contribution in [0.15, 0.2) is 89.6 Å². The van der Waals surface area contributed by atoms with E-state index in [1.165, 1.54) is 49.3 Å². The normalized spacial score (nSPS) is 11.5. The molecule has 0 bridgehead atoms. The van der Waals surface area contributed by atoms with Gasteiger partial charge in [-0.3, -0.25) is 0 Å². The van der Waals surface area contributed by atoms with Crippen molar-refractivity contribution in [1.82, 2.24) is 0 Å². The van der Waals surface area contributed by atoms with E-state index in [1.807, 2.05) is 42.5 Å². The van der Waals surface area contributed by atoms with E-state index in [9.17, 15) is 4.39 Å². The van der Waals surface area contributed by atoms with Crippen molar-refractivity contribution in [3.8, 4) is 11.1 Å². The van der Waals surface area contributed by atoms with Crippen LogP contribution < -0.4 is 0 Å². The summed E-state index contributed by atoms with van der Waals surface area (Å²) in [6.45, 7) is 6.02. The van der Waals surface area contributed by atoms with Crippen molar-refractivity contribution in [1.29, 1.82) is 0 Å². The van der Waals surface area contributed by atoms with Gasteiger partial charge in [0.05, 0.1) is 12.4 Å². The monoisotopic (exact) mass is 482 g/mol. The molecule has 0 N–H and O–H groups in total. The standard InChI is InChI=1S/C33H39FN2/c1-3-5-7-9-10-14-27-18-21-30(22-19-27)32-23-20-28(24-33(32)34)25-35-36-26-31-17-13-12-16-29(31)15-11-8-6-4-2/h4,12-13,16-26H,2-3,5-11,14-15H2,1H3. The molecule has 0 aliphatic rings. The molecule has 0 atom stereocenters. The molecule has 3 aromatic carbocycles. The minimum atomic E-state index is -0.250. The van der Waals surface area contributed by atoms with Crippen molar-refractivity contribution >= 4 is 12.4 Å². The summed E-state index contributed by atoms with van der Waals surface area (Å²) in [6.07, 6.45) is 17.1. The maximum absolute atomic E-state index is 14.9. The number of aryl methyl sites for hydroxylation is 2. The van der Waals surface area contributed by atoms with Gasteiger partial charge < -0.3 is 0 Å². The summed E-state index contributed by atoms with van der Waals surface area (Å²) in [6, 6.07) is 21.7. The molecule has 3 rings (SSSR count). The fraction of sp³-hybridized carbons (Fsp3) is 0.333. The van der Waals surface area contributed by atoms with Gasteiger partial charge in [-0.05, 0) is 72.4 Å². The second-order valence-corrected chi connectivity index (χ2v) is 9.32. The minimum Gasteiger partial charge on any atom is -0.206 e. The largest absolute Gasteiger partial charge is 0.206 e. The van der Waals surface area contributed by atoms with Gasteiger partial charge >= 0.3 is 0 Å². The molecule has 0 aliphatic carbocycles. The van der Waals surface area contributed by atoms with Gasteiger partial charge in [-0.1, -0.05) is 99.3 Å². The summed E-state index contributed by atoms with van der Waals surface area (Å²) in [4.78, 5) is 0. The molecule has 36 heavy (non-hydrogen) atoms. The average molecular weight is 483 g/mol. The number of nitrogens with zero attached hydrogens (tertiary/aromatic N) is 2. The number of halogens is 1. The summed E-state index contributed by atoms with van der Waals surface area (Å²) < 4.78 is 14.9. The molecule has 2 nitrogen and oxygen atoms in total. The van der Waals surface area contributed by atoms with E-state index < -0.39 is 0 Å². The molecule has 3 aromatic rings. The van der Waals surface area contributed by atoms with Gasteiger partial charge in [0.2, 0.25) is 0 Å². The first-order valence-corrected chi connectivity index (χ1v) is 13.4. The van der Waals surface area contributed by atoms with Crippen LogP contribution in [-0.4, -0.2) is 12.4 Å². The van der Waals surface area contributed by atoms with Crippen LogP contribution in [0.4, 0.5) is 4.39 Å². The minimum absolute atomic E-state index is 0.250. The quantitative estimate of drug-likeness (QED) is 0.0892. The molecule has 0 fully saturated rings. The topological polar surface area (TPSA) is 24.7 Å². The first-order chi connectivity index (χ1) is 17.7. The molecule has 0 saturated carbocycles. The Balaban J connectivity index is 1.56. The highest BCUT2D eigenvalue weighted by atomic mass is 19.1. The van der Waals surface area contributed by atoms with Crippen LogP contribution in [0, 0.1) is 5.82 Å². The fourth-order valence-electron chi connectivity index (χ4n) is 4.32. The lowest BCUT2D eigenvalue weighted by molar-refractivity contribution is 0.630. The van der Waals surface area contributed by atoms with Crippen LogP contribution in [0.3, 0.4) is 0 Å². The summed E-state index contributed by atoms with van der Waals surface area (Å²) in [5.74, 6) is -0.250. The van der Waals surface area contributed by atoms with E-state index >= 15 is 0 Å². The highest BCUT2D eigenvalue weighted by molar-refractivity contribution is 5.84. The Labute approximate surface area is 216 Å². The maximum Gasteiger partial charge on any atom is 0.131 e. The SMILES string of the molecule is C=CCCCCc1ccccc1C=NN=Cc1ccc(-c2ccc(CCCCCCC)cc2)c(F)c1. The van der Waals surface area contributed by atoms with Crippen LogP contribution >= 0.6 is 0 Å². The van der Waals surface area contributed by atoms with Crippen LogP contribution in [0.2, 0.25) is 0 Å². The Kier molecular flexibility index (Phi) is 11.8. The van der Waals surface area contributed by atoms with E-state index in [2.05, 4.69) is 48.0 Å². The molecule has 0 heterocycles. The zero-order valence-electron chi connectivity index (χ0n) is 21.6. The molecule has 0 unspecified atom stereocenters. The number of allylic oxidation sites excluding steroid dienone is 1. The van der Waals surface area contributed by atoms with Crippen LogP contribution in [0.1, 0.15) is 80.5 Å². The Hall–Kier alpha value is -3.33. The zero-order valence-corrected chi connectivity index (χ0v) is 21.6. The Morgan fingerprint density at radius 1 is 0.778 bits per heavy atom. The number of rotatable bonds is 15. The van der Waals surface area contributed by atoms with Crippen molar-refractivity contribution in [2.24, 2.45) is 10.2 Å². The highest BCUT2D eigenvalue weighted by Gasteiger charge is 2.06. The summed E-state index contributed by atoms with van der Waals surface area (Å²) >= 11 is 0. The lowest BCUT2D eigenvalue weighted by Gasteiger charge is -2.07. The predicted molar refractivity (Wildman–Crippen MR) is 154 cm³/mol. The highest BCUT2D eigenvalue weighted by Crippen LogP contribution is 2.24. The van der Waals surface area contributed by atoms with Gasteiger partial charge in [0.15, 0.2) is 0 Å². The van der Waals surface area contributed by atoms with Crippen LogP contribution in [0.5, 0.6) is 0 Å². The third kappa shape index (κ3) is 9.03. The summed E-state index contributed by atoms with van der Waals surface area (Å²) in [5, 5.41) is 8.36. The smallest absolute Gasteiger partial charge is 0.131 e. The van der Waals surface area contributed by atoms with Gasteiger partial charge in [-0.2, -0.15) is 10.2 Å². The number of hydrogen-bond donors (Lipinski definition) is 0. The van der Waals surface area contributed by atoms with E-state index in [1.54, 1.807) is 12.4 Å². The lowest BCUT2D eigenvalue weighted by atomic mass is 10.00. The Morgan fingerprint density at radius 2 is 1.53 bits per heavy atom. The van der Waals surface area contributed by atoms with Gasteiger partial charge in [0, 0.05) is 5.56 Å². The molecule has 0 aliphatic heterocycles. The fourth-order valence-corrected chi connectivity index (χ4v) is 4.32. The first kappa shape index (κ1) is 27.3. The van der Waals surface area contributed by atoms with Gasteiger partial charge in [-0.15, -0.1) is 6.58 Å². The molecule has 3 heteroatoms. The van der Waals surface area contributed by atoms with E-state index in [0.717, 1.165) is 43.2 Å². The second kappa shape index (κ2) is 15.6. The Morgan fingerprint density at radius 3 is 2.31 bits per heavy atom. The first-order valence-electron chi connectivity index (χ1n) is 13.4.